The highest BCUT2D eigenvalue weighted by atomic mass is 32.2. The fourth-order valence-electron chi connectivity index (χ4n) is 3.49. The fourth-order valence-corrected chi connectivity index (χ4v) is 4.89. The molecular formula is C25H27NO8S. The van der Waals surface area contributed by atoms with Crippen LogP contribution in [-0.2, 0) is 23.1 Å². The first kappa shape index (κ1) is 25.9. The van der Waals surface area contributed by atoms with Crippen molar-refractivity contribution in [2.45, 2.75) is 18.0 Å². The van der Waals surface area contributed by atoms with Crippen LogP contribution in [-0.4, -0.2) is 52.2 Å². The van der Waals surface area contributed by atoms with Crippen molar-refractivity contribution < 1.29 is 37.3 Å². The summed E-state index contributed by atoms with van der Waals surface area (Å²) < 4.78 is 50.1. The first-order valence-corrected chi connectivity index (χ1v) is 11.9. The van der Waals surface area contributed by atoms with E-state index in [4.69, 9.17) is 18.9 Å². The number of ether oxygens (including phenoxy) is 4. The minimum absolute atomic E-state index is 0.0100. The minimum atomic E-state index is -4.05. The Bertz CT molecular complexity index is 1230. The average Bonchev–Trinajstić information content (AvgIpc) is 2.88. The highest BCUT2D eigenvalue weighted by Gasteiger charge is 2.27. The molecule has 9 nitrogen and oxygen atoms in total. The van der Waals surface area contributed by atoms with Crippen LogP contribution in [0.15, 0.2) is 65.6 Å². The van der Waals surface area contributed by atoms with Crippen molar-refractivity contribution in [2.75, 3.05) is 28.4 Å². The number of hydrogen-bond donors (Lipinski definition) is 1. The second-order valence-corrected chi connectivity index (χ2v) is 9.40. The average molecular weight is 502 g/mol. The molecule has 3 aromatic carbocycles. The summed E-state index contributed by atoms with van der Waals surface area (Å²) >= 11 is 0. The number of aromatic carboxylic acids is 1. The van der Waals surface area contributed by atoms with Crippen LogP contribution >= 0.6 is 0 Å². The molecule has 0 fully saturated rings. The molecule has 35 heavy (non-hydrogen) atoms. The minimum Gasteiger partial charge on any atom is -0.497 e. The lowest BCUT2D eigenvalue weighted by Crippen LogP contribution is -2.30. The van der Waals surface area contributed by atoms with Gasteiger partial charge in [0, 0.05) is 36.3 Å². The Balaban J connectivity index is 2.07. The first-order chi connectivity index (χ1) is 16.7. The van der Waals surface area contributed by atoms with Crippen molar-refractivity contribution >= 4 is 16.0 Å². The summed E-state index contributed by atoms with van der Waals surface area (Å²) in [5.41, 5.74) is 1.22. The number of carboxylic acid groups (broad SMARTS) is 1. The summed E-state index contributed by atoms with van der Waals surface area (Å²) in [4.78, 5) is 11.2. The van der Waals surface area contributed by atoms with Crippen molar-refractivity contribution in [3.05, 3.63) is 77.4 Å². The van der Waals surface area contributed by atoms with Gasteiger partial charge < -0.3 is 24.1 Å². The van der Waals surface area contributed by atoms with E-state index in [0.29, 0.717) is 34.1 Å². The predicted octanol–water partition coefficient (Wildman–Crippen LogP) is 3.81. The molecule has 0 saturated heterocycles. The maximum atomic E-state index is 13.7. The first-order valence-electron chi connectivity index (χ1n) is 10.5. The van der Waals surface area contributed by atoms with Crippen LogP contribution in [0.1, 0.15) is 21.5 Å². The number of methoxy groups -OCH3 is 4. The molecule has 3 aromatic rings. The SMILES string of the molecule is COc1ccc(CN(Cc2ccc(OC)cc2OC)S(=O)(=O)c2ccc(C(=O)O)cc2)c(OC)c1. The molecule has 0 aromatic heterocycles. The van der Waals surface area contributed by atoms with Gasteiger partial charge in [0.2, 0.25) is 10.0 Å². The van der Waals surface area contributed by atoms with E-state index in [1.165, 1.54) is 57.0 Å². The van der Waals surface area contributed by atoms with Crippen LogP contribution in [0.25, 0.3) is 0 Å². The molecule has 186 valence electrons. The lowest BCUT2D eigenvalue weighted by Gasteiger charge is -2.24. The zero-order valence-electron chi connectivity index (χ0n) is 19.8. The van der Waals surface area contributed by atoms with Gasteiger partial charge >= 0.3 is 5.97 Å². The molecule has 0 radical (unpaired) electrons. The third kappa shape index (κ3) is 5.84. The summed E-state index contributed by atoms with van der Waals surface area (Å²) in [5.74, 6) is 0.930. The summed E-state index contributed by atoms with van der Waals surface area (Å²) in [7, 11) is 1.99. The van der Waals surface area contributed by atoms with E-state index in [0.717, 1.165) is 0 Å². The monoisotopic (exact) mass is 501 g/mol. The van der Waals surface area contributed by atoms with Crippen LogP contribution in [0.4, 0.5) is 0 Å². The van der Waals surface area contributed by atoms with Crippen LogP contribution in [0.2, 0.25) is 0 Å². The van der Waals surface area contributed by atoms with Gasteiger partial charge in [-0.25, -0.2) is 13.2 Å². The van der Waals surface area contributed by atoms with Crippen molar-refractivity contribution in [3.8, 4) is 23.0 Å². The van der Waals surface area contributed by atoms with Gasteiger partial charge in [-0.15, -0.1) is 0 Å². The Morgan fingerprint density at radius 3 is 1.57 bits per heavy atom. The molecule has 0 aliphatic carbocycles. The Labute approximate surface area is 204 Å². The normalized spacial score (nSPS) is 11.2. The van der Waals surface area contributed by atoms with E-state index >= 15 is 0 Å². The van der Waals surface area contributed by atoms with Gasteiger partial charge in [-0.3, -0.25) is 0 Å². The van der Waals surface area contributed by atoms with Gasteiger partial charge in [-0.2, -0.15) is 4.31 Å². The predicted molar refractivity (Wildman–Crippen MR) is 129 cm³/mol. The van der Waals surface area contributed by atoms with Gasteiger partial charge in [0.05, 0.1) is 38.9 Å². The lowest BCUT2D eigenvalue weighted by atomic mass is 10.1. The largest absolute Gasteiger partial charge is 0.497 e. The molecule has 0 heterocycles. The van der Waals surface area contributed by atoms with Crippen LogP contribution in [0.5, 0.6) is 23.0 Å². The number of benzene rings is 3. The molecule has 0 aliphatic rings. The zero-order valence-corrected chi connectivity index (χ0v) is 20.7. The fraction of sp³-hybridized carbons (Fsp3) is 0.240. The van der Waals surface area contributed by atoms with Crippen molar-refractivity contribution in [2.24, 2.45) is 0 Å². The summed E-state index contributed by atoms with van der Waals surface area (Å²) in [5, 5.41) is 9.17. The Kier molecular flexibility index (Phi) is 8.21. The van der Waals surface area contributed by atoms with Crippen LogP contribution in [0.3, 0.4) is 0 Å². The molecule has 0 atom stereocenters. The molecular weight excluding hydrogens is 474 g/mol. The summed E-state index contributed by atoms with van der Waals surface area (Å²) in [6.45, 7) is -0.0449. The topological polar surface area (TPSA) is 112 Å². The molecule has 3 rings (SSSR count). The van der Waals surface area contributed by atoms with Crippen LogP contribution < -0.4 is 18.9 Å². The number of carbonyl (C=O) groups is 1. The second-order valence-electron chi connectivity index (χ2n) is 7.46. The second kappa shape index (κ2) is 11.1. The quantitative estimate of drug-likeness (QED) is 0.422. The standard InChI is InChI=1S/C25H27NO8S/c1-31-20-9-5-18(23(13-20)33-3)15-26(16-19-6-10-21(32-2)14-24(19)34-4)35(29,30)22-11-7-17(8-12-22)25(27)28/h5-14H,15-16H2,1-4H3,(H,27,28). The molecule has 0 saturated carbocycles. The molecule has 0 bridgehead atoms. The van der Waals surface area contributed by atoms with Crippen molar-refractivity contribution in [1.29, 1.82) is 0 Å². The third-order valence-electron chi connectivity index (χ3n) is 5.42. The van der Waals surface area contributed by atoms with Crippen molar-refractivity contribution in [3.63, 3.8) is 0 Å². The number of nitrogens with zero attached hydrogens (tertiary/aromatic N) is 1. The lowest BCUT2D eigenvalue weighted by molar-refractivity contribution is 0.0696. The van der Waals surface area contributed by atoms with E-state index in [-0.39, 0.29) is 23.5 Å². The number of rotatable bonds is 11. The third-order valence-corrected chi connectivity index (χ3v) is 7.23. The van der Waals surface area contributed by atoms with Gasteiger partial charge in [0.15, 0.2) is 0 Å². The van der Waals surface area contributed by atoms with E-state index in [9.17, 15) is 18.3 Å². The van der Waals surface area contributed by atoms with Gasteiger partial charge in [-0.05, 0) is 36.4 Å². The number of sulfonamides is 1. The van der Waals surface area contributed by atoms with Crippen LogP contribution in [0, 0.1) is 0 Å². The Morgan fingerprint density at radius 1 is 0.743 bits per heavy atom. The van der Waals surface area contributed by atoms with E-state index in [1.54, 1.807) is 36.4 Å². The highest BCUT2D eigenvalue weighted by molar-refractivity contribution is 7.89. The highest BCUT2D eigenvalue weighted by Crippen LogP contribution is 2.31. The molecule has 0 amide bonds. The number of hydrogen-bond acceptors (Lipinski definition) is 7. The maximum absolute atomic E-state index is 13.7. The molecule has 0 unspecified atom stereocenters. The molecule has 0 aliphatic heterocycles. The smallest absolute Gasteiger partial charge is 0.335 e. The molecule has 1 N–H and O–H groups in total. The zero-order chi connectivity index (χ0) is 25.6. The van der Waals surface area contributed by atoms with Gasteiger partial charge in [0.25, 0.3) is 0 Å². The summed E-state index contributed by atoms with van der Waals surface area (Å²) in [6.07, 6.45) is 0. The maximum Gasteiger partial charge on any atom is 0.335 e. The van der Waals surface area contributed by atoms with E-state index in [2.05, 4.69) is 0 Å². The summed E-state index contributed by atoms with van der Waals surface area (Å²) in [6, 6.07) is 15.3. The van der Waals surface area contributed by atoms with E-state index in [1.807, 2.05) is 0 Å². The molecule has 0 spiro atoms. The van der Waals surface area contributed by atoms with Gasteiger partial charge in [-0.1, -0.05) is 12.1 Å². The van der Waals surface area contributed by atoms with Gasteiger partial charge in [0.1, 0.15) is 23.0 Å². The van der Waals surface area contributed by atoms with E-state index < -0.39 is 16.0 Å². The Morgan fingerprint density at radius 2 is 1.20 bits per heavy atom. The number of carboxylic acids is 1. The van der Waals surface area contributed by atoms with Crippen molar-refractivity contribution in [1.82, 2.24) is 4.31 Å². The Hall–Kier alpha value is -3.76. The molecule has 10 heteroatoms.